The van der Waals surface area contributed by atoms with E-state index in [4.69, 9.17) is 16.0 Å². The van der Waals surface area contributed by atoms with Crippen molar-refractivity contribution in [1.29, 1.82) is 0 Å². The molecule has 0 radical (unpaired) electrons. The van der Waals surface area contributed by atoms with Gasteiger partial charge in [0, 0.05) is 36.3 Å². The third-order valence-corrected chi connectivity index (χ3v) is 4.94. The third-order valence-electron chi connectivity index (χ3n) is 4.71. The number of aromatic nitrogens is 2. The Morgan fingerprint density at radius 2 is 2.17 bits per heavy atom. The van der Waals surface area contributed by atoms with E-state index in [0.29, 0.717) is 17.9 Å². The van der Waals surface area contributed by atoms with Crippen molar-refractivity contribution in [2.24, 2.45) is 5.92 Å². The van der Waals surface area contributed by atoms with Crippen LogP contribution in [-0.4, -0.2) is 29.8 Å². The van der Waals surface area contributed by atoms with Gasteiger partial charge in [-0.05, 0) is 49.8 Å². The molecule has 6 heteroatoms. The van der Waals surface area contributed by atoms with Crippen LogP contribution in [0.2, 0.25) is 5.02 Å². The molecule has 122 valence electrons. The molecule has 0 amide bonds. The molecule has 1 saturated heterocycles. The molecule has 5 nitrogen and oxygen atoms in total. The van der Waals surface area contributed by atoms with Gasteiger partial charge in [-0.2, -0.15) is 0 Å². The first kappa shape index (κ1) is 14.8. The minimum absolute atomic E-state index is 0.505. The molecule has 1 aromatic heterocycles. The summed E-state index contributed by atoms with van der Waals surface area (Å²) < 4.78 is 5.65. The quantitative estimate of drug-likeness (QED) is 0.901. The van der Waals surface area contributed by atoms with Crippen LogP contribution < -0.4 is 10.2 Å². The van der Waals surface area contributed by atoms with Crippen molar-refractivity contribution in [3.8, 4) is 0 Å². The third kappa shape index (κ3) is 3.29. The van der Waals surface area contributed by atoms with Crippen molar-refractivity contribution in [2.75, 3.05) is 29.9 Å². The lowest BCUT2D eigenvalue weighted by Crippen LogP contribution is -2.23. The van der Waals surface area contributed by atoms with Gasteiger partial charge in [-0.1, -0.05) is 22.8 Å². The lowest BCUT2D eigenvalue weighted by molar-refractivity contribution is 0.500. The van der Waals surface area contributed by atoms with Gasteiger partial charge in [0.25, 0.3) is 0 Å². The summed E-state index contributed by atoms with van der Waals surface area (Å²) in [5, 5.41) is 12.3. The van der Waals surface area contributed by atoms with Crippen molar-refractivity contribution in [3.05, 3.63) is 34.7 Å². The smallest absolute Gasteiger partial charge is 0.315 e. The number of halogens is 1. The Kier molecular flexibility index (Phi) is 3.89. The Morgan fingerprint density at radius 3 is 3.00 bits per heavy atom. The van der Waals surface area contributed by atoms with E-state index in [0.717, 1.165) is 37.0 Å². The van der Waals surface area contributed by atoms with Crippen LogP contribution in [0.3, 0.4) is 0 Å². The van der Waals surface area contributed by atoms with Crippen molar-refractivity contribution >= 4 is 23.3 Å². The molecule has 1 aliphatic carbocycles. The van der Waals surface area contributed by atoms with E-state index in [9.17, 15) is 0 Å². The molecule has 1 aromatic carbocycles. The zero-order valence-electron chi connectivity index (χ0n) is 13.3. The van der Waals surface area contributed by atoms with Gasteiger partial charge in [0.15, 0.2) is 0 Å². The normalized spacial score (nSPS) is 21.0. The summed E-state index contributed by atoms with van der Waals surface area (Å²) in [6, 6.07) is 6.65. The molecule has 0 bridgehead atoms. The van der Waals surface area contributed by atoms with Crippen molar-refractivity contribution in [1.82, 2.24) is 10.2 Å². The Bertz CT molecular complexity index is 698. The number of anilines is 2. The van der Waals surface area contributed by atoms with Crippen LogP contribution in [0.25, 0.3) is 0 Å². The topological polar surface area (TPSA) is 54.2 Å². The van der Waals surface area contributed by atoms with E-state index in [2.05, 4.69) is 39.5 Å². The predicted octanol–water partition coefficient (Wildman–Crippen LogP) is 3.85. The van der Waals surface area contributed by atoms with Crippen LogP contribution in [0.1, 0.15) is 36.6 Å². The van der Waals surface area contributed by atoms with E-state index in [1.807, 2.05) is 6.07 Å². The summed E-state index contributed by atoms with van der Waals surface area (Å²) in [6.07, 6.45) is 3.51. The standard InChI is InChI=1S/C17H21ClN4O/c1-11-2-5-14(18)8-15(11)22-7-6-12(10-22)9-19-17-21-20-16(23-17)13-3-4-13/h2,5,8,12-13H,3-4,6-7,9-10H2,1H3,(H,19,21). The van der Waals surface area contributed by atoms with E-state index >= 15 is 0 Å². The summed E-state index contributed by atoms with van der Waals surface area (Å²) in [6.45, 7) is 5.08. The summed E-state index contributed by atoms with van der Waals surface area (Å²) in [4.78, 5) is 2.41. The second-order valence-corrected chi connectivity index (χ2v) is 7.07. The molecular weight excluding hydrogens is 312 g/mol. The molecule has 2 fully saturated rings. The monoisotopic (exact) mass is 332 g/mol. The zero-order chi connectivity index (χ0) is 15.8. The lowest BCUT2D eigenvalue weighted by atomic mass is 10.1. The van der Waals surface area contributed by atoms with Gasteiger partial charge in [0.2, 0.25) is 5.89 Å². The molecule has 2 heterocycles. The predicted molar refractivity (Wildman–Crippen MR) is 91.3 cm³/mol. The highest BCUT2D eigenvalue weighted by atomic mass is 35.5. The SMILES string of the molecule is Cc1ccc(Cl)cc1N1CCC(CNc2nnc(C3CC3)o2)C1. The van der Waals surface area contributed by atoms with Crippen molar-refractivity contribution < 1.29 is 4.42 Å². The number of benzene rings is 1. The van der Waals surface area contributed by atoms with E-state index in [1.165, 1.54) is 24.1 Å². The van der Waals surface area contributed by atoms with Crippen LogP contribution in [-0.2, 0) is 0 Å². The molecule has 2 aliphatic rings. The average Bonchev–Trinajstić information content (AvgIpc) is 3.10. The van der Waals surface area contributed by atoms with Gasteiger partial charge in [0.05, 0.1) is 0 Å². The maximum Gasteiger partial charge on any atom is 0.315 e. The Hall–Kier alpha value is -1.75. The molecule has 2 aromatic rings. The van der Waals surface area contributed by atoms with Crippen molar-refractivity contribution in [3.63, 3.8) is 0 Å². The van der Waals surface area contributed by atoms with Gasteiger partial charge in [-0.15, -0.1) is 5.10 Å². The summed E-state index contributed by atoms with van der Waals surface area (Å²) >= 11 is 6.14. The van der Waals surface area contributed by atoms with Gasteiger partial charge in [0.1, 0.15) is 0 Å². The van der Waals surface area contributed by atoms with Crippen LogP contribution in [0.15, 0.2) is 22.6 Å². The molecule has 1 saturated carbocycles. The van der Waals surface area contributed by atoms with E-state index < -0.39 is 0 Å². The Balaban J connectivity index is 1.33. The van der Waals surface area contributed by atoms with Gasteiger partial charge >= 0.3 is 6.01 Å². The second kappa shape index (κ2) is 6.04. The highest BCUT2D eigenvalue weighted by molar-refractivity contribution is 6.30. The van der Waals surface area contributed by atoms with E-state index in [1.54, 1.807) is 0 Å². The highest BCUT2D eigenvalue weighted by Crippen LogP contribution is 2.39. The highest BCUT2D eigenvalue weighted by Gasteiger charge is 2.29. The maximum atomic E-state index is 6.14. The van der Waals surface area contributed by atoms with Gasteiger partial charge in [-0.3, -0.25) is 0 Å². The minimum Gasteiger partial charge on any atom is -0.408 e. The molecular formula is C17H21ClN4O. The van der Waals surface area contributed by atoms with Gasteiger partial charge < -0.3 is 14.6 Å². The number of hydrogen-bond acceptors (Lipinski definition) is 5. The fraction of sp³-hybridized carbons (Fsp3) is 0.529. The lowest BCUT2D eigenvalue weighted by Gasteiger charge is -2.21. The first-order valence-corrected chi connectivity index (χ1v) is 8.65. The number of rotatable bonds is 5. The largest absolute Gasteiger partial charge is 0.408 e. The molecule has 0 spiro atoms. The van der Waals surface area contributed by atoms with Crippen LogP contribution in [0.5, 0.6) is 0 Å². The van der Waals surface area contributed by atoms with Crippen molar-refractivity contribution in [2.45, 2.75) is 32.1 Å². The summed E-state index contributed by atoms with van der Waals surface area (Å²) in [5.41, 5.74) is 2.52. The molecule has 1 unspecified atom stereocenters. The van der Waals surface area contributed by atoms with E-state index in [-0.39, 0.29) is 0 Å². The Morgan fingerprint density at radius 1 is 1.30 bits per heavy atom. The molecule has 23 heavy (non-hydrogen) atoms. The minimum atomic E-state index is 0.505. The number of hydrogen-bond donors (Lipinski definition) is 1. The molecule has 4 rings (SSSR count). The molecule has 1 aliphatic heterocycles. The fourth-order valence-corrected chi connectivity index (χ4v) is 3.34. The molecule has 1 N–H and O–H groups in total. The van der Waals surface area contributed by atoms with Crippen LogP contribution >= 0.6 is 11.6 Å². The number of nitrogens with zero attached hydrogens (tertiary/aromatic N) is 3. The summed E-state index contributed by atoms with van der Waals surface area (Å²) in [7, 11) is 0. The first-order chi connectivity index (χ1) is 11.2. The van der Waals surface area contributed by atoms with Gasteiger partial charge in [-0.25, -0.2) is 0 Å². The second-order valence-electron chi connectivity index (χ2n) is 6.63. The first-order valence-electron chi connectivity index (χ1n) is 8.27. The average molecular weight is 333 g/mol. The maximum absolute atomic E-state index is 6.14. The fourth-order valence-electron chi connectivity index (χ4n) is 3.17. The molecule has 1 atom stereocenters. The Labute approximate surface area is 141 Å². The number of aryl methyl sites for hydroxylation is 1. The summed E-state index contributed by atoms with van der Waals surface area (Å²) in [5.74, 6) is 1.87. The zero-order valence-corrected chi connectivity index (χ0v) is 14.0. The van der Waals surface area contributed by atoms with Crippen LogP contribution in [0.4, 0.5) is 11.7 Å². The van der Waals surface area contributed by atoms with Crippen LogP contribution in [0, 0.1) is 12.8 Å². The number of nitrogens with one attached hydrogen (secondary N) is 1.